The van der Waals surface area contributed by atoms with Gasteiger partial charge < -0.3 is 5.11 Å². The molecular weight excluding hydrogens is 212 g/mol. The van der Waals surface area contributed by atoms with Gasteiger partial charge in [0, 0.05) is 13.1 Å². The van der Waals surface area contributed by atoms with E-state index in [4.69, 9.17) is 5.11 Å². The van der Waals surface area contributed by atoms with Crippen molar-refractivity contribution in [2.24, 2.45) is 5.41 Å². The predicted octanol–water partition coefficient (Wildman–Crippen LogP) is -0.802. The van der Waals surface area contributed by atoms with Gasteiger partial charge in [0.1, 0.15) is 0 Å². The van der Waals surface area contributed by atoms with Crippen LogP contribution >= 0.6 is 0 Å². The molecule has 2 rings (SSSR count). The molecule has 2 aliphatic heterocycles. The monoisotopic (exact) mass is 226 g/mol. The molecule has 6 nitrogen and oxygen atoms in total. The van der Waals surface area contributed by atoms with Crippen LogP contribution in [0.3, 0.4) is 0 Å². The topological polar surface area (TPSA) is 86.7 Å². The quantitative estimate of drug-likeness (QED) is 0.602. The van der Waals surface area contributed by atoms with Gasteiger partial charge in [-0.3, -0.25) is 24.6 Å². The summed E-state index contributed by atoms with van der Waals surface area (Å²) in [7, 11) is 0. The third-order valence-electron chi connectivity index (χ3n) is 3.40. The average Bonchev–Trinajstić information content (AvgIpc) is 2.71. The summed E-state index contributed by atoms with van der Waals surface area (Å²) in [6, 6.07) is -0.478. The normalized spacial score (nSPS) is 35.4. The van der Waals surface area contributed by atoms with Crippen molar-refractivity contribution in [1.29, 1.82) is 0 Å². The van der Waals surface area contributed by atoms with E-state index in [0.29, 0.717) is 19.5 Å². The van der Waals surface area contributed by atoms with Crippen LogP contribution < -0.4 is 5.32 Å². The number of imide groups is 1. The Morgan fingerprint density at radius 2 is 2.25 bits per heavy atom. The molecule has 0 aromatic rings. The van der Waals surface area contributed by atoms with Crippen molar-refractivity contribution >= 4 is 17.8 Å². The van der Waals surface area contributed by atoms with Crippen molar-refractivity contribution in [2.75, 3.05) is 13.1 Å². The summed E-state index contributed by atoms with van der Waals surface area (Å²) >= 11 is 0. The first-order valence-corrected chi connectivity index (χ1v) is 5.23. The summed E-state index contributed by atoms with van der Waals surface area (Å²) in [5.41, 5.74) is -0.800. The Balaban J connectivity index is 2.07. The van der Waals surface area contributed by atoms with E-state index in [1.54, 1.807) is 11.8 Å². The predicted molar refractivity (Wildman–Crippen MR) is 53.5 cm³/mol. The minimum absolute atomic E-state index is 0.147. The molecule has 0 spiro atoms. The molecule has 16 heavy (non-hydrogen) atoms. The van der Waals surface area contributed by atoms with E-state index in [0.717, 1.165) is 0 Å². The summed E-state index contributed by atoms with van der Waals surface area (Å²) in [5.74, 6) is -1.43. The van der Waals surface area contributed by atoms with E-state index < -0.39 is 17.4 Å². The number of amides is 2. The fourth-order valence-corrected chi connectivity index (χ4v) is 2.27. The van der Waals surface area contributed by atoms with Gasteiger partial charge in [-0.25, -0.2) is 0 Å². The van der Waals surface area contributed by atoms with Crippen molar-refractivity contribution in [2.45, 2.75) is 25.8 Å². The van der Waals surface area contributed by atoms with Crippen molar-refractivity contribution in [3.63, 3.8) is 0 Å². The minimum Gasteiger partial charge on any atom is -0.481 e. The molecule has 2 N–H and O–H groups in total. The summed E-state index contributed by atoms with van der Waals surface area (Å²) < 4.78 is 0. The number of rotatable bonds is 2. The summed E-state index contributed by atoms with van der Waals surface area (Å²) in [5, 5.41) is 11.3. The number of likely N-dealkylation sites (tertiary alicyclic amines) is 1. The van der Waals surface area contributed by atoms with Crippen molar-refractivity contribution < 1.29 is 19.5 Å². The highest BCUT2D eigenvalue weighted by Crippen LogP contribution is 2.32. The molecule has 0 saturated carbocycles. The lowest BCUT2D eigenvalue weighted by Gasteiger charge is -2.23. The van der Waals surface area contributed by atoms with Gasteiger partial charge in [-0.15, -0.1) is 0 Å². The maximum Gasteiger partial charge on any atom is 0.310 e. The van der Waals surface area contributed by atoms with Crippen LogP contribution in [-0.4, -0.2) is 46.9 Å². The maximum atomic E-state index is 11.4. The van der Waals surface area contributed by atoms with Gasteiger partial charge in [0.05, 0.1) is 17.9 Å². The highest BCUT2D eigenvalue weighted by atomic mass is 16.4. The molecule has 2 atom stereocenters. The lowest BCUT2D eigenvalue weighted by molar-refractivity contribution is -0.147. The second-order valence-electron chi connectivity index (χ2n) is 4.72. The number of nitrogens with one attached hydrogen (secondary N) is 1. The highest BCUT2D eigenvalue weighted by molar-refractivity contribution is 6.05. The fourth-order valence-electron chi connectivity index (χ4n) is 2.27. The van der Waals surface area contributed by atoms with E-state index in [9.17, 15) is 14.4 Å². The summed E-state index contributed by atoms with van der Waals surface area (Å²) in [6.07, 6.45) is 0.662. The minimum atomic E-state index is -0.847. The van der Waals surface area contributed by atoms with Crippen molar-refractivity contribution in [3.8, 4) is 0 Å². The zero-order valence-corrected chi connectivity index (χ0v) is 9.02. The number of nitrogens with zero attached hydrogens (tertiary/aromatic N) is 1. The standard InChI is InChI=1S/C10H14N2O4/c1-10(9(15)16)2-3-12(5-10)6-4-7(13)11-8(6)14/h6H,2-5H2,1H3,(H,15,16)(H,11,13,14). The van der Waals surface area contributed by atoms with Crippen LogP contribution in [0.15, 0.2) is 0 Å². The van der Waals surface area contributed by atoms with Gasteiger partial charge in [-0.05, 0) is 13.3 Å². The Kier molecular flexibility index (Phi) is 2.46. The van der Waals surface area contributed by atoms with E-state index in [-0.39, 0.29) is 18.2 Å². The lowest BCUT2D eigenvalue weighted by Crippen LogP contribution is -2.41. The molecule has 0 radical (unpaired) electrons. The first-order valence-electron chi connectivity index (χ1n) is 5.23. The van der Waals surface area contributed by atoms with Gasteiger partial charge >= 0.3 is 5.97 Å². The van der Waals surface area contributed by atoms with Crippen LogP contribution in [0, 0.1) is 5.41 Å². The SMILES string of the molecule is CC1(C(=O)O)CCN(C2CC(=O)NC2=O)C1. The Bertz CT molecular complexity index is 368. The molecule has 0 aromatic heterocycles. The number of carboxylic acid groups (broad SMARTS) is 1. The van der Waals surface area contributed by atoms with Crippen LogP contribution in [-0.2, 0) is 14.4 Å². The number of carbonyl (C=O) groups is 3. The Morgan fingerprint density at radius 3 is 2.69 bits per heavy atom. The molecule has 0 aliphatic carbocycles. The van der Waals surface area contributed by atoms with Crippen molar-refractivity contribution in [3.05, 3.63) is 0 Å². The van der Waals surface area contributed by atoms with Crippen LogP contribution in [0.5, 0.6) is 0 Å². The first kappa shape index (κ1) is 11.1. The largest absolute Gasteiger partial charge is 0.481 e. The fraction of sp³-hybridized carbons (Fsp3) is 0.700. The molecule has 2 aliphatic rings. The smallest absolute Gasteiger partial charge is 0.310 e. The maximum absolute atomic E-state index is 11.4. The molecular formula is C10H14N2O4. The molecule has 6 heteroatoms. The van der Waals surface area contributed by atoms with E-state index in [1.165, 1.54) is 0 Å². The average molecular weight is 226 g/mol. The van der Waals surface area contributed by atoms with E-state index in [2.05, 4.69) is 5.32 Å². The first-order chi connectivity index (χ1) is 7.42. The molecule has 2 unspecified atom stereocenters. The number of aliphatic carboxylic acids is 1. The van der Waals surface area contributed by atoms with Gasteiger partial charge in [0.15, 0.2) is 0 Å². The zero-order chi connectivity index (χ0) is 11.9. The molecule has 88 valence electrons. The molecule has 0 aromatic carbocycles. The molecule has 2 fully saturated rings. The Hall–Kier alpha value is -1.43. The molecule has 2 heterocycles. The number of hydrogen-bond donors (Lipinski definition) is 2. The van der Waals surface area contributed by atoms with Gasteiger partial charge in [0.2, 0.25) is 11.8 Å². The lowest BCUT2D eigenvalue weighted by atomic mass is 9.90. The highest BCUT2D eigenvalue weighted by Gasteiger charge is 2.46. The Labute approximate surface area is 92.6 Å². The van der Waals surface area contributed by atoms with Crippen LogP contribution in [0.25, 0.3) is 0 Å². The molecule has 2 amide bonds. The van der Waals surface area contributed by atoms with Crippen LogP contribution in [0.4, 0.5) is 0 Å². The van der Waals surface area contributed by atoms with Crippen molar-refractivity contribution in [1.82, 2.24) is 10.2 Å². The third kappa shape index (κ3) is 1.69. The molecule has 0 bridgehead atoms. The van der Waals surface area contributed by atoms with Crippen LogP contribution in [0.2, 0.25) is 0 Å². The Morgan fingerprint density at radius 1 is 1.56 bits per heavy atom. The second kappa shape index (κ2) is 3.55. The van der Waals surface area contributed by atoms with E-state index >= 15 is 0 Å². The van der Waals surface area contributed by atoms with Gasteiger partial charge in [-0.1, -0.05) is 0 Å². The number of hydrogen-bond acceptors (Lipinski definition) is 4. The summed E-state index contributed by atoms with van der Waals surface area (Å²) in [6.45, 7) is 2.55. The molecule has 2 saturated heterocycles. The van der Waals surface area contributed by atoms with Gasteiger partial charge in [-0.2, -0.15) is 0 Å². The number of carbonyl (C=O) groups excluding carboxylic acids is 2. The van der Waals surface area contributed by atoms with Gasteiger partial charge in [0.25, 0.3) is 0 Å². The second-order valence-corrected chi connectivity index (χ2v) is 4.72. The summed E-state index contributed by atoms with van der Waals surface area (Å²) in [4.78, 5) is 35.3. The number of carboxylic acids is 1. The van der Waals surface area contributed by atoms with Crippen LogP contribution in [0.1, 0.15) is 19.8 Å². The third-order valence-corrected chi connectivity index (χ3v) is 3.40. The zero-order valence-electron chi connectivity index (χ0n) is 9.02. The van der Waals surface area contributed by atoms with E-state index in [1.807, 2.05) is 0 Å².